The highest BCUT2D eigenvalue weighted by atomic mass is 16.5. The number of nitrogens with one attached hydrogen (secondary N) is 1. The lowest BCUT2D eigenvalue weighted by Crippen LogP contribution is -2.20. The maximum Gasteiger partial charge on any atom is 0.255 e. The van der Waals surface area contributed by atoms with Crippen LogP contribution in [0.5, 0.6) is 11.5 Å². The molecular weight excluding hydrogens is 332 g/mol. The minimum absolute atomic E-state index is 0.232. The molecule has 0 heterocycles. The predicted octanol–water partition coefficient (Wildman–Crippen LogP) is 2.83. The van der Waals surface area contributed by atoms with Crippen LogP contribution in [0.3, 0.4) is 0 Å². The molecule has 6 nitrogen and oxygen atoms in total. The molecule has 0 bridgehead atoms. The van der Waals surface area contributed by atoms with Gasteiger partial charge in [-0.15, -0.1) is 0 Å². The van der Waals surface area contributed by atoms with E-state index in [0.717, 1.165) is 22.4 Å². The maximum absolute atomic E-state index is 12.1. The Bertz CT molecular complexity index is 844. The largest absolute Gasteiger partial charge is 0.493 e. The lowest BCUT2D eigenvalue weighted by Gasteiger charge is -2.10. The molecule has 0 fully saturated rings. The van der Waals surface area contributed by atoms with Gasteiger partial charge >= 0.3 is 0 Å². The Morgan fingerprint density at radius 2 is 1.88 bits per heavy atom. The molecule has 0 saturated carbocycles. The fourth-order valence-electron chi connectivity index (χ4n) is 2.36. The lowest BCUT2D eigenvalue weighted by atomic mass is 10.1. The van der Waals surface area contributed by atoms with Gasteiger partial charge in [0.1, 0.15) is 0 Å². The van der Waals surface area contributed by atoms with Crippen molar-refractivity contribution >= 4 is 23.6 Å². The summed E-state index contributed by atoms with van der Waals surface area (Å²) in [6, 6.07) is 10.9. The fourth-order valence-corrected chi connectivity index (χ4v) is 2.36. The second-order valence-corrected chi connectivity index (χ2v) is 5.81. The number of amides is 2. The van der Waals surface area contributed by atoms with Gasteiger partial charge in [0.05, 0.1) is 7.11 Å². The molecule has 0 aliphatic heterocycles. The second-order valence-electron chi connectivity index (χ2n) is 5.81. The summed E-state index contributed by atoms with van der Waals surface area (Å²) in [5.41, 5.74) is 8.74. The van der Waals surface area contributed by atoms with Crippen LogP contribution < -0.4 is 20.5 Å². The Balaban J connectivity index is 2.06. The van der Waals surface area contributed by atoms with Crippen LogP contribution in [0.15, 0.2) is 42.5 Å². The van der Waals surface area contributed by atoms with Crippen LogP contribution in [0.2, 0.25) is 0 Å². The van der Waals surface area contributed by atoms with Gasteiger partial charge in [-0.3, -0.25) is 9.59 Å². The number of rotatable bonds is 7. The van der Waals surface area contributed by atoms with E-state index < -0.39 is 5.91 Å². The molecule has 0 unspecified atom stereocenters. The predicted molar refractivity (Wildman–Crippen MR) is 101 cm³/mol. The summed E-state index contributed by atoms with van der Waals surface area (Å²) in [4.78, 5) is 22.9. The van der Waals surface area contributed by atoms with Gasteiger partial charge in [-0.2, -0.15) is 0 Å². The van der Waals surface area contributed by atoms with Crippen molar-refractivity contribution in [2.45, 2.75) is 13.8 Å². The summed E-state index contributed by atoms with van der Waals surface area (Å²) in [7, 11) is 1.49. The van der Waals surface area contributed by atoms with Crippen LogP contribution in [-0.4, -0.2) is 25.5 Å². The number of ether oxygens (including phenoxy) is 2. The number of methoxy groups -OCH3 is 1. The van der Waals surface area contributed by atoms with Crippen LogP contribution in [-0.2, 0) is 9.59 Å². The lowest BCUT2D eigenvalue weighted by molar-refractivity contribution is -0.120. The number of aryl methyl sites for hydroxylation is 2. The number of nitrogens with two attached hydrogens (primary N) is 1. The molecular formula is C20H22N2O4. The summed E-state index contributed by atoms with van der Waals surface area (Å²) in [5.74, 6) is 0.0513. The molecule has 2 aromatic carbocycles. The van der Waals surface area contributed by atoms with Gasteiger partial charge in [0.15, 0.2) is 18.1 Å². The first-order valence-electron chi connectivity index (χ1n) is 8.04. The number of primary amides is 1. The third-order valence-electron chi connectivity index (χ3n) is 3.62. The van der Waals surface area contributed by atoms with E-state index in [9.17, 15) is 9.59 Å². The standard InChI is InChI=1S/C20H22N2O4/c1-13-4-7-16(14(2)10-13)22-20(24)9-6-15-5-8-17(18(11-15)25-3)26-12-19(21)23/h4-11H,12H2,1-3H3,(H2,21,23)(H,22,24)/b9-6+. The van der Waals surface area contributed by atoms with Crippen molar-refractivity contribution in [3.05, 3.63) is 59.2 Å². The Morgan fingerprint density at radius 1 is 1.12 bits per heavy atom. The maximum atomic E-state index is 12.1. The van der Waals surface area contributed by atoms with E-state index in [1.807, 2.05) is 32.0 Å². The van der Waals surface area contributed by atoms with Crippen molar-refractivity contribution in [1.29, 1.82) is 0 Å². The molecule has 0 aromatic heterocycles. The Kier molecular flexibility index (Phi) is 6.38. The van der Waals surface area contributed by atoms with Crippen LogP contribution in [0.1, 0.15) is 16.7 Å². The van der Waals surface area contributed by atoms with Crippen LogP contribution >= 0.6 is 0 Å². The highest BCUT2D eigenvalue weighted by Crippen LogP contribution is 2.28. The first-order chi connectivity index (χ1) is 12.4. The van der Waals surface area contributed by atoms with Crippen LogP contribution in [0, 0.1) is 13.8 Å². The van der Waals surface area contributed by atoms with Crippen molar-refractivity contribution < 1.29 is 19.1 Å². The number of hydrogen-bond donors (Lipinski definition) is 2. The molecule has 2 aromatic rings. The van der Waals surface area contributed by atoms with E-state index >= 15 is 0 Å². The smallest absolute Gasteiger partial charge is 0.255 e. The van der Waals surface area contributed by atoms with Crippen LogP contribution in [0.4, 0.5) is 5.69 Å². The summed E-state index contributed by atoms with van der Waals surface area (Å²) < 4.78 is 10.5. The van der Waals surface area contributed by atoms with Crippen molar-refractivity contribution in [3.8, 4) is 11.5 Å². The number of carbonyl (C=O) groups is 2. The third kappa shape index (κ3) is 5.37. The van der Waals surface area contributed by atoms with E-state index in [-0.39, 0.29) is 12.5 Å². The van der Waals surface area contributed by atoms with E-state index in [0.29, 0.717) is 11.5 Å². The SMILES string of the molecule is COc1cc(/C=C/C(=O)Nc2ccc(C)cc2C)ccc1OCC(N)=O. The van der Waals surface area contributed by atoms with Gasteiger partial charge in [-0.1, -0.05) is 23.8 Å². The molecule has 0 spiro atoms. The molecule has 0 saturated heterocycles. The average Bonchev–Trinajstić information content (AvgIpc) is 2.60. The topological polar surface area (TPSA) is 90.7 Å². The molecule has 0 atom stereocenters. The Hall–Kier alpha value is -3.28. The summed E-state index contributed by atoms with van der Waals surface area (Å²) in [6.07, 6.45) is 3.11. The zero-order valence-electron chi connectivity index (χ0n) is 15.0. The van der Waals surface area contributed by atoms with Crippen molar-refractivity contribution in [2.75, 3.05) is 19.0 Å². The number of benzene rings is 2. The fraction of sp³-hybridized carbons (Fsp3) is 0.200. The quantitative estimate of drug-likeness (QED) is 0.748. The summed E-state index contributed by atoms with van der Waals surface area (Å²) in [6.45, 7) is 3.72. The average molecular weight is 354 g/mol. The number of hydrogen-bond acceptors (Lipinski definition) is 4. The zero-order valence-corrected chi connectivity index (χ0v) is 15.0. The van der Waals surface area contributed by atoms with Crippen molar-refractivity contribution in [3.63, 3.8) is 0 Å². The minimum atomic E-state index is -0.570. The number of carbonyl (C=O) groups excluding carboxylic acids is 2. The van der Waals surface area contributed by atoms with Crippen LogP contribution in [0.25, 0.3) is 6.08 Å². The molecule has 0 radical (unpaired) electrons. The first-order valence-corrected chi connectivity index (χ1v) is 8.04. The molecule has 0 aliphatic carbocycles. The van der Waals surface area contributed by atoms with E-state index in [4.69, 9.17) is 15.2 Å². The van der Waals surface area contributed by atoms with Crippen molar-refractivity contribution in [2.24, 2.45) is 5.73 Å². The van der Waals surface area contributed by atoms with Gasteiger partial charge < -0.3 is 20.5 Å². The van der Waals surface area contributed by atoms with Gasteiger partial charge in [0.2, 0.25) is 5.91 Å². The van der Waals surface area contributed by atoms with Gasteiger partial charge in [-0.05, 0) is 49.2 Å². The molecule has 2 amide bonds. The van der Waals surface area contributed by atoms with Gasteiger partial charge in [-0.25, -0.2) is 0 Å². The van der Waals surface area contributed by atoms with E-state index in [2.05, 4.69) is 5.32 Å². The monoisotopic (exact) mass is 354 g/mol. The van der Waals surface area contributed by atoms with Gasteiger partial charge in [0.25, 0.3) is 5.91 Å². The zero-order chi connectivity index (χ0) is 19.1. The second kappa shape index (κ2) is 8.71. The van der Waals surface area contributed by atoms with E-state index in [1.165, 1.54) is 13.2 Å². The van der Waals surface area contributed by atoms with Gasteiger partial charge in [0, 0.05) is 11.8 Å². The molecule has 136 valence electrons. The van der Waals surface area contributed by atoms with Crippen molar-refractivity contribution in [1.82, 2.24) is 0 Å². The molecule has 3 N–H and O–H groups in total. The third-order valence-corrected chi connectivity index (χ3v) is 3.62. The first kappa shape index (κ1) is 19.1. The highest BCUT2D eigenvalue weighted by Gasteiger charge is 2.07. The van der Waals surface area contributed by atoms with E-state index in [1.54, 1.807) is 24.3 Å². The molecule has 0 aliphatic rings. The summed E-state index contributed by atoms with van der Waals surface area (Å²) in [5, 5.41) is 2.85. The molecule has 26 heavy (non-hydrogen) atoms. The number of anilines is 1. The Morgan fingerprint density at radius 3 is 2.54 bits per heavy atom. The highest BCUT2D eigenvalue weighted by molar-refractivity contribution is 6.02. The minimum Gasteiger partial charge on any atom is -0.493 e. The summed E-state index contributed by atoms with van der Waals surface area (Å²) >= 11 is 0. The Labute approximate surface area is 152 Å². The molecule has 2 rings (SSSR count). The molecule has 6 heteroatoms. The normalized spacial score (nSPS) is 10.6.